The average molecular weight is 512 g/mol. The number of para-hydroxylation sites is 1. The van der Waals surface area contributed by atoms with Gasteiger partial charge in [0.05, 0.1) is 30.5 Å². The van der Waals surface area contributed by atoms with Crippen LogP contribution in [0.3, 0.4) is 0 Å². The maximum Gasteiger partial charge on any atom is 0.263 e. The van der Waals surface area contributed by atoms with Gasteiger partial charge in [-0.25, -0.2) is 0 Å². The number of carbonyl (C=O) groups excluding carboxylic acids is 1. The molecule has 1 aromatic heterocycles. The minimum absolute atomic E-state index is 0.186. The second-order valence-corrected chi connectivity index (χ2v) is 9.38. The van der Waals surface area contributed by atoms with Gasteiger partial charge >= 0.3 is 0 Å². The first-order valence-electron chi connectivity index (χ1n) is 12.6. The summed E-state index contributed by atoms with van der Waals surface area (Å²) in [5, 5.41) is 4.29. The first-order valence-corrected chi connectivity index (χ1v) is 13.0. The van der Waals surface area contributed by atoms with E-state index in [9.17, 15) is 9.59 Å². The molecular weight excluding hydrogens is 482 g/mol. The summed E-state index contributed by atoms with van der Waals surface area (Å²) in [5.74, 6) is -0.262. The molecule has 1 amide bonds. The van der Waals surface area contributed by atoms with E-state index >= 15 is 0 Å². The molecule has 1 fully saturated rings. The average Bonchev–Trinajstić information content (AvgIpc) is 2.96. The third-order valence-electron chi connectivity index (χ3n) is 6.75. The summed E-state index contributed by atoms with van der Waals surface area (Å²) in [6, 6.07) is 26.4. The van der Waals surface area contributed by atoms with Gasteiger partial charge in [0.25, 0.3) is 11.5 Å². The van der Waals surface area contributed by atoms with Crippen molar-refractivity contribution in [3.63, 3.8) is 0 Å². The Morgan fingerprint density at radius 1 is 0.919 bits per heavy atom. The van der Waals surface area contributed by atoms with E-state index in [-0.39, 0.29) is 17.5 Å². The maximum absolute atomic E-state index is 14.2. The number of pyridine rings is 1. The molecule has 0 saturated carbocycles. The van der Waals surface area contributed by atoms with Crippen molar-refractivity contribution < 1.29 is 9.53 Å². The lowest BCUT2D eigenvalue weighted by Crippen LogP contribution is -2.44. The predicted molar refractivity (Wildman–Crippen MR) is 151 cm³/mol. The first kappa shape index (κ1) is 24.9. The summed E-state index contributed by atoms with van der Waals surface area (Å²) in [6.45, 7) is 4.31. The molecule has 0 bridgehead atoms. The predicted octanol–water partition coefficient (Wildman–Crippen LogP) is 4.88. The zero-order valence-electron chi connectivity index (χ0n) is 20.7. The number of carbonyl (C=O) groups is 1. The normalized spacial score (nSPS) is 14.4. The van der Waals surface area contributed by atoms with Crippen LogP contribution < -0.4 is 10.9 Å². The number of ether oxygens (including phenoxy) is 1. The fourth-order valence-electron chi connectivity index (χ4n) is 4.86. The number of nitrogens with zero attached hydrogens (tertiary/aromatic N) is 2. The minimum atomic E-state index is -0.262. The fraction of sp³-hybridized carbons (Fsp3) is 0.233. The van der Waals surface area contributed by atoms with Crippen LogP contribution in [0.5, 0.6) is 0 Å². The minimum Gasteiger partial charge on any atom is -0.378 e. The van der Waals surface area contributed by atoms with E-state index in [1.807, 2.05) is 90.7 Å². The van der Waals surface area contributed by atoms with Crippen molar-refractivity contribution in [3.8, 4) is 5.69 Å². The number of fused-ring (bicyclic) bond motifs is 1. The molecule has 1 aliphatic heterocycles. The molecule has 2 heterocycles. The number of hydrogen-bond donors (Lipinski definition) is 1. The third-order valence-corrected chi connectivity index (χ3v) is 7.20. The highest BCUT2D eigenvalue weighted by Gasteiger charge is 2.29. The maximum atomic E-state index is 14.2. The third kappa shape index (κ3) is 4.92. The molecule has 7 heteroatoms. The van der Waals surface area contributed by atoms with Gasteiger partial charge in [0.1, 0.15) is 4.99 Å². The highest BCUT2D eigenvalue weighted by molar-refractivity contribution is 7.80. The Hall–Kier alpha value is -3.81. The second-order valence-electron chi connectivity index (χ2n) is 8.99. The molecular formula is C30H29N3O3S. The molecule has 1 saturated heterocycles. The Bertz CT molecular complexity index is 1480. The second kappa shape index (κ2) is 11.1. The molecule has 37 heavy (non-hydrogen) atoms. The number of hydrogen-bond acceptors (Lipinski definition) is 4. The summed E-state index contributed by atoms with van der Waals surface area (Å²) in [4.78, 5) is 30.6. The Labute approximate surface area is 221 Å². The van der Waals surface area contributed by atoms with Crippen LogP contribution in [0, 0.1) is 0 Å². The van der Waals surface area contributed by atoms with Gasteiger partial charge in [0, 0.05) is 29.5 Å². The SMILES string of the molecule is CC[C@H](NC(=O)c1c(C(=S)N2CCOCC2)n(-c2ccccc2)c(=O)c2ccccc12)c1ccccc1. The Morgan fingerprint density at radius 2 is 1.51 bits per heavy atom. The summed E-state index contributed by atoms with van der Waals surface area (Å²) in [7, 11) is 0. The van der Waals surface area contributed by atoms with E-state index in [1.54, 1.807) is 10.6 Å². The highest BCUT2D eigenvalue weighted by atomic mass is 32.1. The quantitative estimate of drug-likeness (QED) is 0.374. The van der Waals surface area contributed by atoms with Crippen molar-refractivity contribution in [1.82, 2.24) is 14.8 Å². The van der Waals surface area contributed by atoms with Crippen molar-refractivity contribution in [1.29, 1.82) is 0 Å². The molecule has 0 spiro atoms. The molecule has 6 nitrogen and oxygen atoms in total. The number of rotatable bonds is 6. The molecule has 1 N–H and O–H groups in total. The monoisotopic (exact) mass is 511 g/mol. The van der Waals surface area contributed by atoms with Gasteiger partial charge in [-0.3, -0.25) is 14.2 Å². The van der Waals surface area contributed by atoms with Gasteiger partial charge in [0.15, 0.2) is 0 Å². The molecule has 0 unspecified atom stereocenters. The van der Waals surface area contributed by atoms with Crippen LogP contribution in [0.4, 0.5) is 0 Å². The van der Waals surface area contributed by atoms with Crippen molar-refractivity contribution in [2.75, 3.05) is 26.3 Å². The van der Waals surface area contributed by atoms with Gasteiger partial charge in [0.2, 0.25) is 0 Å². The molecule has 5 rings (SSSR count). The van der Waals surface area contributed by atoms with Crippen LogP contribution in [-0.2, 0) is 4.74 Å². The molecule has 188 valence electrons. The van der Waals surface area contributed by atoms with Crippen molar-refractivity contribution in [2.45, 2.75) is 19.4 Å². The first-order chi connectivity index (χ1) is 18.1. The molecule has 0 aliphatic carbocycles. The Kier molecular flexibility index (Phi) is 7.44. The van der Waals surface area contributed by atoms with Gasteiger partial charge in [-0.05, 0) is 30.2 Å². The summed E-state index contributed by atoms with van der Waals surface area (Å²) < 4.78 is 7.14. The number of nitrogens with one attached hydrogen (secondary N) is 1. The topological polar surface area (TPSA) is 63.6 Å². The van der Waals surface area contributed by atoms with E-state index in [0.29, 0.717) is 59.0 Å². The Balaban J connectivity index is 1.75. The van der Waals surface area contributed by atoms with E-state index in [0.717, 1.165) is 12.0 Å². The Morgan fingerprint density at radius 3 is 2.16 bits per heavy atom. The van der Waals surface area contributed by atoms with Crippen LogP contribution in [0.15, 0.2) is 89.7 Å². The number of amides is 1. The lowest BCUT2D eigenvalue weighted by molar-refractivity contribution is 0.0691. The highest BCUT2D eigenvalue weighted by Crippen LogP contribution is 2.26. The van der Waals surface area contributed by atoms with Gasteiger partial charge in [-0.1, -0.05) is 85.9 Å². The largest absolute Gasteiger partial charge is 0.378 e. The lowest BCUT2D eigenvalue weighted by Gasteiger charge is -2.31. The van der Waals surface area contributed by atoms with Crippen LogP contribution >= 0.6 is 12.2 Å². The van der Waals surface area contributed by atoms with Crippen LogP contribution in [0.25, 0.3) is 16.5 Å². The fourth-order valence-corrected chi connectivity index (χ4v) is 5.23. The molecule has 1 atom stereocenters. The smallest absolute Gasteiger partial charge is 0.263 e. The zero-order valence-corrected chi connectivity index (χ0v) is 21.5. The number of aromatic nitrogens is 1. The summed E-state index contributed by atoms with van der Waals surface area (Å²) in [5.41, 5.74) is 2.32. The lowest BCUT2D eigenvalue weighted by atomic mass is 9.99. The number of thiocarbonyl (C=S) groups is 1. The molecule has 0 radical (unpaired) electrons. The van der Waals surface area contributed by atoms with Gasteiger partial charge in [-0.15, -0.1) is 0 Å². The van der Waals surface area contributed by atoms with Crippen molar-refractivity contribution in [3.05, 3.63) is 112 Å². The summed E-state index contributed by atoms with van der Waals surface area (Å²) >= 11 is 6.02. The van der Waals surface area contributed by atoms with E-state index in [1.165, 1.54) is 0 Å². The molecule has 1 aliphatic rings. The number of benzene rings is 3. The van der Waals surface area contributed by atoms with Gasteiger partial charge in [-0.2, -0.15) is 0 Å². The van der Waals surface area contributed by atoms with Crippen LogP contribution in [0.2, 0.25) is 0 Å². The molecule has 3 aromatic carbocycles. The standard InChI is InChI=1S/C30H29N3O3S/c1-2-25(21-11-5-3-6-12-21)31-28(34)26-23-15-9-10-16-24(23)29(35)33(22-13-7-4-8-14-22)27(26)30(37)32-17-19-36-20-18-32/h3-16,25H,2,17-20H2,1H3,(H,31,34)/t25-/m0/s1. The van der Waals surface area contributed by atoms with Crippen LogP contribution in [-0.4, -0.2) is 46.7 Å². The van der Waals surface area contributed by atoms with E-state index < -0.39 is 0 Å². The summed E-state index contributed by atoms with van der Waals surface area (Å²) in [6.07, 6.45) is 0.718. The van der Waals surface area contributed by atoms with Crippen molar-refractivity contribution >= 4 is 33.9 Å². The van der Waals surface area contributed by atoms with Crippen molar-refractivity contribution in [2.24, 2.45) is 0 Å². The zero-order chi connectivity index (χ0) is 25.8. The number of morpholine rings is 1. The van der Waals surface area contributed by atoms with Gasteiger partial charge < -0.3 is 15.0 Å². The van der Waals surface area contributed by atoms with Crippen LogP contribution in [0.1, 0.15) is 41.0 Å². The molecule has 4 aromatic rings. The van der Waals surface area contributed by atoms with E-state index in [2.05, 4.69) is 5.32 Å². The van der Waals surface area contributed by atoms with E-state index in [4.69, 9.17) is 17.0 Å².